The van der Waals surface area contributed by atoms with E-state index in [1.807, 2.05) is 0 Å². The van der Waals surface area contributed by atoms with Gasteiger partial charge in [0.15, 0.2) is 0 Å². The van der Waals surface area contributed by atoms with Gasteiger partial charge in [-0.1, -0.05) is 12.1 Å². The Kier molecular flexibility index (Phi) is 4.02. The molecule has 0 radical (unpaired) electrons. The van der Waals surface area contributed by atoms with Crippen molar-refractivity contribution in [2.24, 2.45) is 0 Å². The predicted molar refractivity (Wildman–Crippen MR) is 78.3 cm³/mol. The second kappa shape index (κ2) is 6.10. The SMILES string of the molecule is c1csc(CC(NCc2ncn[nH]2)c2cccs2)c1. The first-order valence-electron chi connectivity index (χ1n) is 6.05. The Morgan fingerprint density at radius 3 is 2.79 bits per heavy atom. The van der Waals surface area contributed by atoms with Crippen LogP contribution in [-0.2, 0) is 13.0 Å². The molecule has 4 nitrogen and oxygen atoms in total. The zero-order chi connectivity index (χ0) is 12.9. The number of H-pyrrole nitrogens is 1. The first-order valence-corrected chi connectivity index (χ1v) is 7.81. The van der Waals surface area contributed by atoms with E-state index in [-0.39, 0.29) is 0 Å². The number of rotatable bonds is 6. The number of nitrogens with zero attached hydrogens (tertiary/aromatic N) is 2. The zero-order valence-electron chi connectivity index (χ0n) is 10.2. The van der Waals surface area contributed by atoms with Gasteiger partial charge in [-0.25, -0.2) is 4.98 Å². The average molecular weight is 290 g/mol. The lowest BCUT2D eigenvalue weighted by molar-refractivity contribution is 0.530. The van der Waals surface area contributed by atoms with E-state index in [0.717, 1.165) is 12.2 Å². The van der Waals surface area contributed by atoms with Gasteiger partial charge in [0.1, 0.15) is 12.2 Å². The molecule has 19 heavy (non-hydrogen) atoms. The topological polar surface area (TPSA) is 53.6 Å². The third kappa shape index (κ3) is 3.28. The summed E-state index contributed by atoms with van der Waals surface area (Å²) < 4.78 is 0. The highest BCUT2D eigenvalue weighted by Crippen LogP contribution is 2.25. The summed E-state index contributed by atoms with van der Waals surface area (Å²) in [4.78, 5) is 6.89. The molecule has 98 valence electrons. The van der Waals surface area contributed by atoms with E-state index in [1.165, 1.54) is 16.1 Å². The molecular weight excluding hydrogens is 276 g/mol. The molecule has 2 N–H and O–H groups in total. The van der Waals surface area contributed by atoms with Crippen molar-refractivity contribution in [3.63, 3.8) is 0 Å². The highest BCUT2D eigenvalue weighted by molar-refractivity contribution is 7.10. The van der Waals surface area contributed by atoms with Gasteiger partial charge in [-0.05, 0) is 22.9 Å². The summed E-state index contributed by atoms with van der Waals surface area (Å²) in [7, 11) is 0. The van der Waals surface area contributed by atoms with Gasteiger partial charge in [0.2, 0.25) is 0 Å². The molecule has 0 spiro atoms. The average Bonchev–Trinajstić information content (AvgIpc) is 3.15. The van der Waals surface area contributed by atoms with Crippen LogP contribution in [0.4, 0.5) is 0 Å². The number of nitrogens with one attached hydrogen (secondary N) is 2. The fourth-order valence-electron chi connectivity index (χ4n) is 1.93. The highest BCUT2D eigenvalue weighted by atomic mass is 32.1. The molecular formula is C13H14N4S2. The highest BCUT2D eigenvalue weighted by Gasteiger charge is 2.14. The van der Waals surface area contributed by atoms with Crippen molar-refractivity contribution in [1.29, 1.82) is 0 Å². The number of hydrogen-bond acceptors (Lipinski definition) is 5. The van der Waals surface area contributed by atoms with Crippen molar-refractivity contribution < 1.29 is 0 Å². The van der Waals surface area contributed by atoms with Crippen LogP contribution in [0.2, 0.25) is 0 Å². The lowest BCUT2D eigenvalue weighted by Gasteiger charge is -2.15. The molecule has 0 aromatic carbocycles. The second-order valence-electron chi connectivity index (χ2n) is 4.16. The third-order valence-corrected chi connectivity index (χ3v) is 4.74. The molecule has 0 aliphatic rings. The summed E-state index contributed by atoms with van der Waals surface area (Å²) in [5.41, 5.74) is 0. The maximum Gasteiger partial charge on any atom is 0.138 e. The van der Waals surface area contributed by atoms with Crippen LogP contribution in [0.1, 0.15) is 21.6 Å². The minimum atomic E-state index is 0.323. The lowest BCUT2D eigenvalue weighted by Crippen LogP contribution is -2.22. The van der Waals surface area contributed by atoms with Crippen molar-refractivity contribution in [2.75, 3.05) is 0 Å². The van der Waals surface area contributed by atoms with Gasteiger partial charge in [0, 0.05) is 22.2 Å². The van der Waals surface area contributed by atoms with Crippen LogP contribution < -0.4 is 5.32 Å². The van der Waals surface area contributed by atoms with Gasteiger partial charge >= 0.3 is 0 Å². The van der Waals surface area contributed by atoms with Crippen LogP contribution in [0.5, 0.6) is 0 Å². The zero-order valence-corrected chi connectivity index (χ0v) is 11.9. The Balaban J connectivity index is 1.69. The van der Waals surface area contributed by atoms with Gasteiger partial charge in [0.05, 0.1) is 6.54 Å². The summed E-state index contributed by atoms with van der Waals surface area (Å²) >= 11 is 3.59. The Morgan fingerprint density at radius 2 is 2.11 bits per heavy atom. The van der Waals surface area contributed by atoms with Gasteiger partial charge in [-0.2, -0.15) is 5.10 Å². The maximum absolute atomic E-state index is 4.14. The molecule has 0 aliphatic carbocycles. The fourth-order valence-corrected chi connectivity index (χ4v) is 3.48. The quantitative estimate of drug-likeness (QED) is 0.734. The van der Waals surface area contributed by atoms with Crippen molar-refractivity contribution in [3.05, 3.63) is 56.9 Å². The normalized spacial score (nSPS) is 12.6. The van der Waals surface area contributed by atoms with Crippen LogP contribution in [0, 0.1) is 0 Å². The van der Waals surface area contributed by atoms with E-state index in [0.29, 0.717) is 12.6 Å². The predicted octanol–water partition coefficient (Wildman–Crippen LogP) is 3.00. The minimum absolute atomic E-state index is 0.323. The van der Waals surface area contributed by atoms with E-state index in [4.69, 9.17) is 0 Å². The molecule has 3 aromatic rings. The Morgan fingerprint density at radius 1 is 1.21 bits per heavy atom. The Bertz CT molecular complexity index is 572. The molecule has 0 saturated heterocycles. The number of hydrogen-bond donors (Lipinski definition) is 2. The molecule has 0 fully saturated rings. The van der Waals surface area contributed by atoms with Crippen LogP contribution in [0.15, 0.2) is 41.4 Å². The molecule has 0 bridgehead atoms. The van der Waals surface area contributed by atoms with Crippen molar-refractivity contribution in [3.8, 4) is 0 Å². The molecule has 0 saturated carbocycles. The third-order valence-electron chi connectivity index (χ3n) is 2.85. The first kappa shape index (κ1) is 12.5. The van der Waals surface area contributed by atoms with E-state index in [1.54, 1.807) is 22.7 Å². The summed E-state index contributed by atoms with van der Waals surface area (Å²) in [6, 6.07) is 8.88. The van der Waals surface area contributed by atoms with Gasteiger partial charge in [-0.3, -0.25) is 5.10 Å². The summed E-state index contributed by atoms with van der Waals surface area (Å²) in [6.07, 6.45) is 2.54. The fraction of sp³-hybridized carbons (Fsp3) is 0.231. The van der Waals surface area contributed by atoms with Crippen molar-refractivity contribution in [2.45, 2.75) is 19.0 Å². The maximum atomic E-state index is 4.14. The monoisotopic (exact) mass is 290 g/mol. The smallest absolute Gasteiger partial charge is 0.138 e. The van der Waals surface area contributed by atoms with E-state index in [2.05, 4.69) is 55.5 Å². The van der Waals surface area contributed by atoms with Gasteiger partial charge < -0.3 is 5.32 Å². The summed E-state index contributed by atoms with van der Waals surface area (Å²) in [5.74, 6) is 0.868. The van der Waals surface area contributed by atoms with E-state index in [9.17, 15) is 0 Å². The standard InChI is InChI=1S/C13H14N4S2/c1-3-10(18-5-1)7-11(12-4-2-6-19-12)14-8-13-15-9-16-17-13/h1-6,9,11,14H,7-8H2,(H,15,16,17). The van der Waals surface area contributed by atoms with Crippen molar-refractivity contribution in [1.82, 2.24) is 20.5 Å². The van der Waals surface area contributed by atoms with Crippen LogP contribution in [0.25, 0.3) is 0 Å². The van der Waals surface area contributed by atoms with Gasteiger partial charge in [-0.15, -0.1) is 22.7 Å². The Labute approximate surface area is 119 Å². The Hall–Kier alpha value is -1.50. The minimum Gasteiger partial charge on any atom is -0.302 e. The van der Waals surface area contributed by atoms with E-state index < -0.39 is 0 Å². The first-order chi connectivity index (χ1) is 9.42. The van der Waals surface area contributed by atoms with Crippen LogP contribution in [0.3, 0.4) is 0 Å². The molecule has 3 aromatic heterocycles. The summed E-state index contributed by atoms with van der Waals surface area (Å²) in [5, 5.41) is 14.5. The molecule has 3 rings (SSSR count). The second-order valence-corrected chi connectivity index (χ2v) is 6.18. The molecule has 3 heterocycles. The van der Waals surface area contributed by atoms with Crippen LogP contribution >= 0.6 is 22.7 Å². The molecule has 1 atom stereocenters. The largest absolute Gasteiger partial charge is 0.302 e. The van der Waals surface area contributed by atoms with Crippen molar-refractivity contribution >= 4 is 22.7 Å². The number of aromatic amines is 1. The van der Waals surface area contributed by atoms with E-state index >= 15 is 0 Å². The van der Waals surface area contributed by atoms with Crippen LogP contribution in [-0.4, -0.2) is 15.2 Å². The summed E-state index contributed by atoms with van der Waals surface area (Å²) in [6.45, 7) is 0.702. The number of aromatic nitrogens is 3. The number of thiophene rings is 2. The molecule has 6 heteroatoms. The molecule has 0 aliphatic heterocycles. The lowest BCUT2D eigenvalue weighted by atomic mass is 10.1. The molecule has 0 amide bonds. The molecule has 1 unspecified atom stereocenters. The van der Waals surface area contributed by atoms with Gasteiger partial charge in [0.25, 0.3) is 0 Å².